The van der Waals surface area contributed by atoms with E-state index in [0.29, 0.717) is 38.5 Å². The van der Waals surface area contributed by atoms with E-state index in [4.69, 9.17) is 25.1 Å². The standard InChI is InChI=1S/C12H18N2O5/c1-17-7-8-18-5-2-6-19-11-9(13)3-4-10(14-11)12(15)16/h3-4H,2,5-8,13H2,1H3,(H,15,16). The normalized spacial score (nSPS) is 10.4. The minimum absolute atomic E-state index is 0.0967. The van der Waals surface area contributed by atoms with Crippen LogP contribution in [0.2, 0.25) is 0 Å². The molecule has 0 saturated heterocycles. The van der Waals surface area contributed by atoms with Crippen LogP contribution in [0.4, 0.5) is 5.69 Å². The summed E-state index contributed by atoms with van der Waals surface area (Å²) >= 11 is 0. The summed E-state index contributed by atoms with van der Waals surface area (Å²) in [5, 5.41) is 8.80. The van der Waals surface area contributed by atoms with Crippen molar-refractivity contribution in [2.75, 3.05) is 39.3 Å². The van der Waals surface area contributed by atoms with E-state index in [1.165, 1.54) is 12.1 Å². The number of carbonyl (C=O) groups is 1. The molecule has 0 amide bonds. The Kier molecular flexibility index (Phi) is 6.62. The number of hydrogen-bond donors (Lipinski definition) is 2. The zero-order chi connectivity index (χ0) is 14.1. The number of aromatic carboxylic acids is 1. The number of nitrogens with two attached hydrogens (primary N) is 1. The second-order valence-electron chi connectivity index (χ2n) is 3.70. The first kappa shape index (κ1) is 15.2. The first-order chi connectivity index (χ1) is 9.15. The molecule has 0 aliphatic carbocycles. The van der Waals surface area contributed by atoms with Crippen molar-refractivity contribution < 1.29 is 24.1 Å². The topological polar surface area (TPSA) is 104 Å². The van der Waals surface area contributed by atoms with Crippen molar-refractivity contribution in [2.24, 2.45) is 0 Å². The molecular weight excluding hydrogens is 252 g/mol. The molecular formula is C12H18N2O5. The number of carboxylic acid groups (broad SMARTS) is 1. The van der Waals surface area contributed by atoms with Crippen molar-refractivity contribution >= 4 is 11.7 Å². The third-order valence-corrected chi connectivity index (χ3v) is 2.21. The summed E-state index contributed by atoms with van der Waals surface area (Å²) in [6.45, 7) is 1.97. The van der Waals surface area contributed by atoms with Gasteiger partial charge in [0.1, 0.15) is 0 Å². The van der Waals surface area contributed by atoms with Crippen molar-refractivity contribution in [3.05, 3.63) is 17.8 Å². The minimum Gasteiger partial charge on any atom is -0.477 e. The quantitative estimate of drug-likeness (QED) is 0.639. The van der Waals surface area contributed by atoms with Gasteiger partial charge in [0.15, 0.2) is 5.69 Å². The fourth-order valence-electron chi connectivity index (χ4n) is 1.26. The Balaban J connectivity index is 2.32. The Bertz CT molecular complexity index is 411. The summed E-state index contributed by atoms with van der Waals surface area (Å²) in [7, 11) is 1.61. The number of aromatic nitrogens is 1. The average molecular weight is 270 g/mol. The predicted octanol–water partition coefficient (Wildman–Crippen LogP) is 0.794. The van der Waals surface area contributed by atoms with Gasteiger partial charge in [-0.15, -0.1) is 0 Å². The molecule has 0 fully saturated rings. The van der Waals surface area contributed by atoms with E-state index in [-0.39, 0.29) is 11.6 Å². The number of hydrogen-bond acceptors (Lipinski definition) is 6. The molecule has 0 aromatic carbocycles. The highest BCUT2D eigenvalue weighted by Gasteiger charge is 2.09. The number of nitrogen functional groups attached to an aromatic ring is 1. The van der Waals surface area contributed by atoms with Crippen LogP contribution in [-0.4, -0.2) is 49.6 Å². The van der Waals surface area contributed by atoms with Gasteiger partial charge in [0.25, 0.3) is 0 Å². The smallest absolute Gasteiger partial charge is 0.354 e. The Hall–Kier alpha value is -1.86. The van der Waals surface area contributed by atoms with Gasteiger partial charge in [-0.1, -0.05) is 0 Å². The highest BCUT2D eigenvalue weighted by Crippen LogP contribution is 2.18. The van der Waals surface area contributed by atoms with E-state index in [1.54, 1.807) is 7.11 Å². The van der Waals surface area contributed by atoms with Crippen molar-refractivity contribution in [1.29, 1.82) is 0 Å². The Morgan fingerprint density at radius 2 is 2.11 bits per heavy atom. The molecule has 0 aliphatic rings. The number of anilines is 1. The van der Waals surface area contributed by atoms with Gasteiger partial charge >= 0.3 is 5.97 Å². The van der Waals surface area contributed by atoms with Crippen LogP contribution in [0.5, 0.6) is 5.88 Å². The summed E-state index contributed by atoms with van der Waals surface area (Å²) in [5.74, 6) is -0.982. The molecule has 0 atom stereocenters. The SMILES string of the molecule is COCCOCCCOc1nc(C(=O)O)ccc1N. The third-order valence-electron chi connectivity index (χ3n) is 2.21. The van der Waals surface area contributed by atoms with E-state index in [1.807, 2.05) is 0 Å². The van der Waals surface area contributed by atoms with Crippen LogP contribution in [0, 0.1) is 0 Å². The summed E-state index contributed by atoms with van der Waals surface area (Å²) < 4.78 is 15.4. The van der Waals surface area contributed by atoms with E-state index < -0.39 is 5.97 Å². The van der Waals surface area contributed by atoms with E-state index >= 15 is 0 Å². The van der Waals surface area contributed by atoms with Crippen molar-refractivity contribution in [2.45, 2.75) is 6.42 Å². The number of nitrogens with zero attached hydrogens (tertiary/aromatic N) is 1. The molecule has 19 heavy (non-hydrogen) atoms. The molecule has 0 radical (unpaired) electrons. The second-order valence-corrected chi connectivity index (χ2v) is 3.70. The Morgan fingerprint density at radius 1 is 1.32 bits per heavy atom. The lowest BCUT2D eigenvalue weighted by Crippen LogP contribution is -2.09. The van der Waals surface area contributed by atoms with Gasteiger partial charge in [0, 0.05) is 20.1 Å². The Morgan fingerprint density at radius 3 is 2.79 bits per heavy atom. The van der Waals surface area contributed by atoms with Crippen molar-refractivity contribution in [3.8, 4) is 5.88 Å². The number of ether oxygens (including phenoxy) is 3. The van der Waals surface area contributed by atoms with E-state index in [0.717, 1.165) is 0 Å². The molecule has 3 N–H and O–H groups in total. The van der Waals surface area contributed by atoms with Crippen molar-refractivity contribution in [1.82, 2.24) is 4.98 Å². The number of methoxy groups -OCH3 is 1. The van der Waals surface area contributed by atoms with Crippen molar-refractivity contribution in [3.63, 3.8) is 0 Å². The summed E-state index contributed by atoms with van der Waals surface area (Å²) in [6.07, 6.45) is 0.655. The van der Waals surface area contributed by atoms with Gasteiger partial charge in [0.05, 0.1) is 25.5 Å². The van der Waals surface area contributed by atoms with Crippen LogP contribution in [-0.2, 0) is 9.47 Å². The largest absolute Gasteiger partial charge is 0.477 e. The molecule has 0 bridgehead atoms. The van der Waals surface area contributed by atoms with Crippen LogP contribution in [0.25, 0.3) is 0 Å². The lowest BCUT2D eigenvalue weighted by molar-refractivity contribution is 0.0639. The molecule has 1 rings (SSSR count). The first-order valence-electron chi connectivity index (χ1n) is 5.84. The average Bonchev–Trinajstić information content (AvgIpc) is 2.39. The third kappa shape index (κ3) is 5.54. The maximum Gasteiger partial charge on any atom is 0.354 e. The predicted molar refractivity (Wildman–Crippen MR) is 68.4 cm³/mol. The monoisotopic (exact) mass is 270 g/mol. The molecule has 7 heteroatoms. The maximum absolute atomic E-state index is 10.8. The highest BCUT2D eigenvalue weighted by atomic mass is 16.5. The van der Waals surface area contributed by atoms with Gasteiger partial charge in [-0.05, 0) is 12.1 Å². The number of pyridine rings is 1. The fourth-order valence-corrected chi connectivity index (χ4v) is 1.26. The van der Waals surface area contributed by atoms with Crippen LogP contribution in [0.1, 0.15) is 16.9 Å². The first-order valence-corrected chi connectivity index (χ1v) is 5.84. The van der Waals surface area contributed by atoms with Crippen LogP contribution >= 0.6 is 0 Å². The van der Waals surface area contributed by atoms with Gasteiger partial charge in [0.2, 0.25) is 5.88 Å². The lowest BCUT2D eigenvalue weighted by Gasteiger charge is -2.08. The molecule has 0 spiro atoms. The van der Waals surface area contributed by atoms with Gasteiger partial charge < -0.3 is 25.1 Å². The van der Waals surface area contributed by atoms with Crippen LogP contribution in [0.15, 0.2) is 12.1 Å². The molecule has 1 aromatic heterocycles. The zero-order valence-corrected chi connectivity index (χ0v) is 10.8. The molecule has 0 unspecified atom stereocenters. The fraction of sp³-hybridized carbons (Fsp3) is 0.500. The zero-order valence-electron chi connectivity index (χ0n) is 10.8. The number of carboxylic acids is 1. The highest BCUT2D eigenvalue weighted by molar-refractivity contribution is 5.86. The summed E-state index contributed by atoms with van der Waals surface area (Å²) in [6, 6.07) is 2.79. The molecule has 106 valence electrons. The van der Waals surface area contributed by atoms with E-state index in [2.05, 4.69) is 4.98 Å². The molecule has 0 saturated carbocycles. The second kappa shape index (κ2) is 8.28. The number of rotatable bonds is 9. The van der Waals surface area contributed by atoms with Gasteiger partial charge in [-0.3, -0.25) is 0 Å². The Labute approximate surface area is 111 Å². The van der Waals surface area contributed by atoms with Crippen LogP contribution < -0.4 is 10.5 Å². The van der Waals surface area contributed by atoms with E-state index in [9.17, 15) is 4.79 Å². The van der Waals surface area contributed by atoms with Gasteiger partial charge in [-0.25, -0.2) is 9.78 Å². The molecule has 7 nitrogen and oxygen atoms in total. The van der Waals surface area contributed by atoms with Crippen LogP contribution in [0.3, 0.4) is 0 Å². The van der Waals surface area contributed by atoms with Gasteiger partial charge in [-0.2, -0.15) is 0 Å². The minimum atomic E-state index is -1.12. The lowest BCUT2D eigenvalue weighted by atomic mass is 10.3. The summed E-state index contributed by atoms with van der Waals surface area (Å²) in [5.41, 5.74) is 5.86. The molecule has 1 aromatic rings. The molecule has 1 heterocycles. The maximum atomic E-state index is 10.8. The molecule has 0 aliphatic heterocycles. The summed E-state index contributed by atoms with van der Waals surface area (Å²) in [4.78, 5) is 14.6.